The maximum absolute atomic E-state index is 14.2. The van der Waals surface area contributed by atoms with Crippen LogP contribution < -0.4 is 0 Å². The molecule has 224 valence electrons. The van der Waals surface area contributed by atoms with Crippen molar-refractivity contribution in [2.45, 2.75) is 136 Å². The normalized spacial score (nSPS) is 43.8. The molecule has 1 heterocycles. The Morgan fingerprint density at radius 1 is 1.12 bits per heavy atom. The first-order valence-electron chi connectivity index (χ1n) is 16.3. The van der Waals surface area contributed by atoms with Crippen molar-refractivity contribution < 1.29 is 28.9 Å². The Bertz CT molecular complexity index is 1010. The van der Waals surface area contributed by atoms with Crippen LogP contribution in [0.1, 0.15) is 112 Å². The lowest BCUT2D eigenvalue weighted by Crippen LogP contribution is -2.63. The van der Waals surface area contributed by atoms with Gasteiger partial charge in [-0.15, -0.1) is 0 Å². The first kappa shape index (κ1) is 30.0. The highest BCUT2D eigenvalue weighted by atomic mass is 16.7. The molecule has 0 aromatic carbocycles. The van der Waals surface area contributed by atoms with E-state index in [0.717, 1.165) is 38.5 Å². The zero-order chi connectivity index (χ0) is 28.7. The molecule has 6 nitrogen and oxygen atoms in total. The van der Waals surface area contributed by atoms with Crippen molar-refractivity contribution >= 4 is 11.8 Å². The van der Waals surface area contributed by atoms with Gasteiger partial charge in [0.15, 0.2) is 18.5 Å². The van der Waals surface area contributed by atoms with Crippen molar-refractivity contribution in [2.24, 2.45) is 34.5 Å². The van der Waals surface area contributed by atoms with Crippen LogP contribution in [0.2, 0.25) is 0 Å². The van der Waals surface area contributed by atoms with Crippen molar-refractivity contribution in [3.05, 3.63) is 23.8 Å². The zero-order valence-corrected chi connectivity index (χ0v) is 25.5. The highest BCUT2D eigenvalue weighted by molar-refractivity contribution is 5.92. The molecule has 0 bridgehead atoms. The summed E-state index contributed by atoms with van der Waals surface area (Å²) in [4.78, 5) is 26.5. The second-order valence-electron chi connectivity index (χ2n) is 13.5. The number of fused-ring (bicyclic) bond motifs is 7. The van der Waals surface area contributed by atoms with E-state index >= 15 is 0 Å². The quantitative estimate of drug-likeness (QED) is 0.290. The molecule has 0 radical (unpaired) electrons. The second kappa shape index (κ2) is 11.6. The monoisotopic (exact) mass is 556 g/mol. The number of aliphatic hydroxyl groups is 1. The predicted octanol–water partition coefficient (Wildman–Crippen LogP) is 6.70. The Morgan fingerprint density at radius 3 is 2.60 bits per heavy atom. The summed E-state index contributed by atoms with van der Waals surface area (Å²) in [6.45, 7) is 10.1. The molecule has 0 amide bonds. The molecule has 6 rings (SSSR count). The summed E-state index contributed by atoms with van der Waals surface area (Å²) < 4.78 is 19.1. The first-order valence-corrected chi connectivity index (χ1v) is 16.3. The third-order valence-electron chi connectivity index (χ3n) is 11.6. The summed E-state index contributed by atoms with van der Waals surface area (Å²) in [6.07, 6.45) is 16.6. The summed E-state index contributed by atoms with van der Waals surface area (Å²) in [6, 6.07) is 0. The zero-order valence-electron chi connectivity index (χ0n) is 25.5. The number of aliphatic hydroxyl groups excluding tert-OH is 1. The molecule has 0 spiro atoms. The van der Waals surface area contributed by atoms with Crippen LogP contribution in [0.15, 0.2) is 23.8 Å². The van der Waals surface area contributed by atoms with E-state index in [1.807, 2.05) is 20.8 Å². The lowest BCUT2D eigenvalue weighted by molar-refractivity contribution is -0.210. The number of ether oxygens (including phenoxy) is 3. The number of rotatable bonds is 6. The summed E-state index contributed by atoms with van der Waals surface area (Å²) in [5.41, 5.74) is -0.442. The Hall–Kier alpha value is -1.50. The van der Waals surface area contributed by atoms with Gasteiger partial charge in [-0.05, 0) is 63.2 Å². The van der Waals surface area contributed by atoms with Gasteiger partial charge in [0.25, 0.3) is 0 Å². The Morgan fingerprint density at radius 2 is 1.88 bits per heavy atom. The molecular formula is C34H52O6. The van der Waals surface area contributed by atoms with E-state index in [2.05, 4.69) is 32.1 Å². The van der Waals surface area contributed by atoms with Gasteiger partial charge in [-0.3, -0.25) is 9.59 Å². The van der Waals surface area contributed by atoms with Crippen molar-refractivity contribution in [1.82, 2.24) is 0 Å². The Kier molecular flexibility index (Phi) is 8.73. The van der Waals surface area contributed by atoms with Gasteiger partial charge in [0.05, 0.1) is 12.2 Å². The number of Topliss-reactive ketones (excluding diaryl/α,β-unsaturated/α-hetero) is 1. The topological polar surface area (TPSA) is 82.1 Å². The number of ketones is 1. The SMILES string of the molecule is CC.CCCC(=O)OCC(=O)[C@@]12OC(C3CCCCC3)O[C@@H]1C[C@H]1[C@@H]3CCC4=CCC=C[C@]4(C)[C@H]3[C@@H](O)C[C@@]12C. The van der Waals surface area contributed by atoms with Crippen LogP contribution in [0.5, 0.6) is 0 Å². The Balaban J connectivity index is 0.00000158. The summed E-state index contributed by atoms with van der Waals surface area (Å²) in [5.74, 6) is 0.382. The van der Waals surface area contributed by atoms with Crippen molar-refractivity contribution in [1.29, 1.82) is 0 Å². The van der Waals surface area contributed by atoms with E-state index < -0.39 is 23.4 Å². The van der Waals surface area contributed by atoms with E-state index in [4.69, 9.17) is 14.2 Å². The minimum atomic E-state index is -1.18. The lowest BCUT2D eigenvalue weighted by atomic mass is 9.46. The standard InChI is InChI=1S/C32H46O6.C2H6/c1-4-10-27(35)36-19-25(34)32-26(37-29(38-32)20-11-6-5-7-12-20)17-23-22-15-14-21-13-8-9-16-30(21,2)28(22)24(33)18-31(23,32)3;1-2/h9,13,16,20,22-24,26,28-29,33H,4-8,10-12,14-15,17-19H2,1-3H3;1-2H3/t22-,23-,24-,26+,28+,29?,30-,31-,32+;/m0./s1. The van der Waals surface area contributed by atoms with Gasteiger partial charge < -0.3 is 19.3 Å². The van der Waals surface area contributed by atoms with Crippen LogP contribution in [0, 0.1) is 34.5 Å². The molecule has 1 unspecified atom stereocenters. The van der Waals surface area contributed by atoms with Crippen LogP contribution in [0.25, 0.3) is 0 Å². The van der Waals surface area contributed by atoms with Gasteiger partial charge in [-0.1, -0.05) is 77.7 Å². The fraction of sp³-hybridized carbons (Fsp3) is 0.824. The Labute approximate surface area is 241 Å². The fourth-order valence-corrected chi connectivity index (χ4v) is 9.88. The minimum Gasteiger partial charge on any atom is -0.458 e. The molecule has 6 aliphatic rings. The van der Waals surface area contributed by atoms with Crippen LogP contribution >= 0.6 is 0 Å². The van der Waals surface area contributed by atoms with E-state index in [1.165, 1.54) is 24.8 Å². The van der Waals surface area contributed by atoms with E-state index in [1.54, 1.807) is 0 Å². The molecule has 40 heavy (non-hydrogen) atoms. The largest absolute Gasteiger partial charge is 0.458 e. The molecule has 0 aromatic rings. The molecule has 6 heteroatoms. The van der Waals surface area contributed by atoms with Crippen LogP contribution in [-0.2, 0) is 23.8 Å². The number of carbonyl (C=O) groups excluding carboxylic acids is 2. The molecule has 5 fully saturated rings. The average molecular weight is 557 g/mol. The number of hydrogen-bond acceptors (Lipinski definition) is 6. The van der Waals surface area contributed by atoms with Crippen molar-refractivity contribution in [3.63, 3.8) is 0 Å². The third kappa shape index (κ3) is 4.55. The minimum absolute atomic E-state index is 0.125. The lowest BCUT2D eigenvalue weighted by Gasteiger charge is -2.60. The first-order chi connectivity index (χ1) is 19.2. The third-order valence-corrected chi connectivity index (χ3v) is 11.6. The molecule has 0 aromatic heterocycles. The average Bonchev–Trinajstić information content (AvgIpc) is 3.46. The fourth-order valence-electron chi connectivity index (χ4n) is 9.88. The van der Waals surface area contributed by atoms with Crippen LogP contribution in [0.3, 0.4) is 0 Å². The van der Waals surface area contributed by atoms with E-state index in [9.17, 15) is 14.7 Å². The molecular weight excluding hydrogens is 504 g/mol. The van der Waals surface area contributed by atoms with Gasteiger partial charge in [0.2, 0.25) is 5.78 Å². The molecule has 1 aliphatic heterocycles. The predicted molar refractivity (Wildman–Crippen MR) is 154 cm³/mol. The summed E-state index contributed by atoms with van der Waals surface area (Å²) >= 11 is 0. The molecule has 1 saturated heterocycles. The summed E-state index contributed by atoms with van der Waals surface area (Å²) in [5, 5.41) is 11.9. The highest BCUT2D eigenvalue weighted by Gasteiger charge is 2.76. The van der Waals surface area contributed by atoms with Gasteiger partial charge in [0.1, 0.15) is 0 Å². The van der Waals surface area contributed by atoms with Gasteiger partial charge in [-0.2, -0.15) is 0 Å². The van der Waals surface area contributed by atoms with Crippen molar-refractivity contribution in [3.8, 4) is 0 Å². The maximum Gasteiger partial charge on any atom is 0.306 e. The summed E-state index contributed by atoms with van der Waals surface area (Å²) in [7, 11) is 0. The number of hydrogen-bond donors (Lipinski definition) is 1. The molecule has 4 saturated carbocycles. The number of carbonyl (C=O) groups is 2. The number of esters is 1. The van der Waals surface area contributed by atoms with Gasteiger partial charge >= 0.3 is 5.97 Å². The van der Waals surface area contributed by atoms with Gasteiger partial charge in [0, 0.05) is 29.1 Å². The van der Waals surface area contributed by atoms with Gasteiger partial charge in [-0.25, -0.2) is 0 Å². The second-order valence-corrected chi connectivity index (χ2v) is 13.5. The van der Waals surface area contributed by atoms with E-state index in [-0.39, 0.29) is 47.6 Å². The molecule has 5 aliphatic carbocycles. The van der Waals surface area contributed by atoms with Crippen molar-refractivity contribution in [2.75, 3.05) is 6.61 Å². The maximum atomic E-state index is 14.2. The number of allylic oxidation sites excluding steroid dienone is 4. The van der Waals surface area contributed by atoms with E-state index in [0.29, 0.717) is 25.2 Å². The smallest absolute Gasteiger partial charge is 0.306 e. The van der Waals surface area contributed by atoms with Crippen LogP contribution in [0.4, 0.5) is 0 Å². The highest BCUT2D eigenvalue weighted by Crippen LogP contribution is 2.70. The molecule has 1 N–H and O–H groups in total. The molecule has 9 atom stereocenters. The van der Waals surface area contributed by atoms with Crippen LogP contribution in [-0.4, -0.2) is 47.6 Å².